The number of anilines is 1. The van der Waals surface area contributed by atoms with Gasteiger partial charge in [-0.25, -0.2) is 13.8 Å². The fourth-order valence-electron chi connectivity index (χ4n) is 4.63. The summed E-state index contributed by atoms with van der Waals surface area (Å²) in [6.07, 6.45) is 2.55. The summed E-state index contributed by atoms with van der Waals surface area (Å²) >= 11 is 0. The second kappa shape index (κ2) is 13.4. The number of nitrogens with zero attached hydrogens (tertiary/aromatic N) is 4. The van der Waals surface area contributed by atoms with Crippen molar-refractivity contribution < 1.29 is 23.4 Å². The lowest BCUT2D eigenvalue weighted by atomic mass is 10.1. The minimum atomic E-state index is -0.871. The van der Waals surface area contributed by atoms with E-state index in [1.54, 1.807) is 0 Å². The van der Waals surface area contributed by atoms with E-state index < -0.39 is 23.8 Å². The van der Waals surface area contributed by atoms with Gasteiger partial charge in [0.25, 0.3) is 0 Å². The molecular formula is C27H34F2N6O3. The van der Waals surface area contributed by atoms with Crippen LogP contribution in [0.2, 0.25) is 0 Å². The molecule has 0 radical (unpaired) electrons. The normalized spacial score (nSPS) is 16.3. The lowest BCUT2D eigenvalue weighted by Gasteiger charge is -2.24. The number of nitrogens with one attached hydrogen (secondary N) is 2. The number of halogens is 2. The van der Waals surface area contributed by atoms with Crippen LogP contribution in [0.4, 0.5) is 14.5 Å². The van der Waals surface area contributed by atoms with Crippen molar-refractivity contribution in [3.05, 3.63) is 77.9 Å². The molecular weight excluding hydrogens is 494 g/mol. The molecule has 0 spiro atoms. The van der Waals surface area contributed by atoms with Crippen LogP contribution in [0.15, 0.2) is 55.1 Å². The van der Waals surface area contributed by atoms with E-state index in [4.69, 9.17) is 4.74 Å². The Hall–Kier alpha value is -3.41. The van der Waals surface area contributed by atoms with Crippen LogP contribution in [0.1, 0.15) is 30.6 Å². The number of aromatic nitrogens is 3. The average molecular weight is 529 g/mol. The predicted molar refractivity (Wildman–Crippen MR) is 139 cm³/mol. The number of ether oxygens (including phenoxy) is 1. The molecule has 11 heteroatoms. The highest BCUT2D eigenvalue weighted by Crippen LogP contribution is 2.31. The number of hydrogen-bond donors (Lipinski definition) is 3. The van der Waals surface area contributed by atoms with E-state index in [1.807, 2.05) is 12.1 Å². The van der Waals surface area contributed by atoms with Crippen molar-refractivity contribution in [3.8, 4) is 0 Å². The molecule has 0 aliphatic carbocycles. The quantitative estimate of drug-likeness (QED) is 0.276. The molecule has 0 fully saturated rings. The Bertz CT molecular complexity index is 1180. The molecule has 1 aromatic heterocycles. The van der Waals surface area contributed by atoms with Crippen LogP contribution in [-0.4, -0.2) is 70.7 Å². The Morgan fingerprint density at radius 1 is 1.24 bits per heavy atom. The van der Waals surface area contributed by atoms with Gasteiger partial charge in [-0.2, -0.15) is 5.10 Å². The zero-order chi connectivity index (χ0) is 26.9. The van der Waals surface area contributed by atoms with Crippen LogP contribution < -0.4 is 15.5 Å². The fraction of sp³-hybridized carbons (Fsp3) is 0.444. The number of rotatable bonds is 14. The summed E-state index contributed by atoms with van der Waals surface area (Å²) in [6, 6.07) is 12.0. The number of para-hydroxylation sites is 1. The fourth-order valence-corrected chi connectivity index (χ4v) is 4.63. The molecule has 1 aliphatic rings. The molecule has 3 atom stereocenters. The van der Waals surface area contributed by atoms with Gasteiger partial charge in [0.15, 0.2) is 0 Å². The molecule has 4 rings (SSSR count). The second-order valence-corrected chi connectivity index (χ2v) is 9.44. The number of aliphatic hydroxyl groups excluding tert-OH is 1. The van der Waals surface area contributed by atoms with Crippen LogP contribution in [-0.2, 0) is 22.5 Å². The molecule has 3 N–H and O–H groups in total. The summed E-state index contributed by atoms with van der Waals surface area (Å²) < 4.78 is 35.0. The van der Waals surface area contributed by atoms with Gasteiger partial charge in [0.1, 0.15) is 30.4 Å². The van der Waals surface area contributed by atoms with Crippen molar-refractivity contribution >= 4 is 11.6 Å². The molecule has 3 aromatic rings. The minimum absolute atomic E-state index is 0.0236. The first-order valence-electron chi connectivity index (χ1n) is 12.8. The first-order chi connectivity index (χ1) is 18.4. The number of carbonyl (C=O) groups is 1. The van der Waals surface area contributed by atoms with Crippen molar-refractivity contribution in [3.63, 3.8) is 0 Å². The molecule has 3 unspecified atom stereocenters. The van der Waals surface area contributed by atoms with Crippen LogP contribution in [0.3, 0.4) is 0 Å². The van der Waals surface area contributed by atoms with Gasteiger partial charge in [-0.05, 0) is 31.0 Å². The van der Waals surface area contributed by atoms with Crippen molar-refractivity contribution in [1.29, 1.82) is 0 Å². The van der Waals surface area contributed by atoms with E-state index in [-0.39, 0.29) is 31.2 Å². The number of benzene rings is 2. The monoisotopic (exact) mass is 528 g/mol. The van der Waals surface area contributed by atoms with E-state index in [0.717, 1.165) is 18.6 Å². The van der Waals surface area contributed by atoms with E-state index in [9.17, 15) is 18.7 Å². The zero-order valence-corrected chi connectivity index (χ0v) is 21.4. The van der Waals surface area contributed by atoms with E-state index in [1.165, 1.54) is 34.7 Å². The molecule has 1 aliphatic heterocycles. The van der Waals surface area contributed by atoms with Crippen LogP contribution in [0.5, 0.6) is 0 Å². The maximum atomic E-state index is 14.4. The third kappa shape index (κ3) is 7.56. The molecule has 9 nitrogen and oxygen atoms in total. The van der Waals surface area contributed by atoms with Gasteiger partial charge in [-0.15, -0.1) is 0 Å². The SMILES string of the molecule is CC1Cc2ccccc2N1CCC(=O)NCCNCC(O)COC(Cn1cncn1)c1ccc(F)cc1F. The highest BCUT2D eigenvalue weighted by atomic mass is 19.1. The number of aliphatic hydroxyl groups is 1. The molecule has 38 heavy (non-hydrogen) atoms. The third-order valence-electron chi connectivity index (χ3n) is 6.55. The molecule has 2 aromatic carbocycles. The zero-order valence-electron chi connectivity index (χ0n) is 21.4. The summed E-state index contributed by atoms with van der Waals surface area (Å²) in [5, 5.41) is 20.3. The summed E-state index contributed by atoms with van der Waals surface area (Å²) in [6.45, 7) is 4.03. The lowest BCUT2D eigenvalue weighted by molar-refractivity contribution is -0.120. The minimum Gasteiger partial charge on any atom is -0.389 e. The van der Waals surface area contributed by atoms with Crippen molar-refractivity contribution in [1.82, 2.24) is 25.4 Å². The Morgan fingerprint density at radius 3 is 2.87 bits per heavy atom. The molecule has 0 saturated carbocycles. The topological polar surface area (TPSA) is 105 Å². The van der Waals surface area contributed by atoms with Gasteiger partial charge in [0.05, 0.1) is 19.3 Å². The average Bonchev–Trinajstić information content (AvgIpc) is 3.52. The van der Waals surface area contributed by atoms with Crippen LogP contribution in [0, 0.1) is 11.6 Å². The molecule has 0 bridgehead atoms. The standard InChI is InChI=1S/C27H34F2N6O3/c1-19-12-20-4-2-3-5-25(20)35(19)11-8-27(37)32-10-9-30-14-22(36)16-38-26(15-34-18-31-17-33-34)23-7-6-21(28)13-24(23)29/h2-7,13,17-19,22,26,30,36H,8-12,14-16H2,1H3,(H,32,37). The Morgan fingerprint density at radius 2 is 2.08 bits per heavy atom. The smallest absolute Gasteiger partial charge is 0.221 e. The highest BCUT2D eigenvalue weighted by molar-refractivity contribution is 5.76. The van der Waals surface area contributed by atoms with Gasteiger partial charge in [-0.1, -0.05) is 24.3 Å². The van der Waals surface area contributed by atoms with Gasteiger partial charge in [0, 0.05) is 56.0 Å². The Labute approximate surface area is 220 Å². The Balaban J connectivity index is 1.14. The number of hydrogen-bond acceptors (Lipinski definition) is 7. The molecule has 2 heterocycles. The van der Waals surface area contributed by atoms with Gasteiger partial charge in [0.2, 0.25) is 5.91 Å². The van der Waals surface area contributed by atoms with Gasteiger partial charge < -0.3 is 25.4 Å². The van der Waals surface area contributed by atoms with Gasteiger partial charge in [-0.3, -0.25) is 9.48 Å². The van der Waals surface area contributed by atoms with E-state index in [0.29, 0.717) is 32.1 Å². The van der Waals surface area contributed by atoms with Crippen LogP contribution >= 0.6 is 0 Å². The summed E-state index contributed by atoms with van der Waals surface area (Å²) in [4.78, 5) is 18.4. The van der Waals surface area contributed by atoms with Gasteiger partial charge >= 0.3 is 0 Å². The highest BCUT2D eigenvalue weighted by Gasteiger charge is 2.25. The van der Waals surface area contributed by atoms with Crippen molar-refractivity contribution in [2.45, 2.75) is 44.6 Å². The van der Waals surface area contributed by atoms with E-state index in [2.05, 4.69) is 44.7 Å². The van der Waals surface area contributed by atoms with Crippen LogP contribution in [0.25, 0.3) is 0 Å². The largest absolute Gasteiger partial charge is 0.389 e. The number of carbonyl (C=O) groups excluding carboxylic acids is 1. The maximum absolute atomic E-state index is 14.4. The maximum Gasteiger partial charge on any atom is 0.221 e. The first-order valence-corrected chi connectivity index (χ1v) is 12.8. The molecule has 204 valence electrons. The van der Waals surface area contributed by atoms with Crippen molar-refractivity contribution in [2.75, 3.05) is 37.7 Å². The summed E-state index contributed by atoms with van der Waals surface area (Å²) in [5.41, 5.74) is 2.69. The summed E-state index contributed by atoms with van der Waals surface area (Å²) in [7, 11) is 0. The lowest BCUT2D eigenvalue weighted by Crippen LogP contribution is -2.38. The predicted octanol–water partition coefficient (Wildman–Crippen LogP) is 2.22. The number of amides is 1. The molecule has 0 saturated heterocycles. The number of fused-ring (bicyclic) bond motifs is 1. The van der Waals surface area contributed by atoms with Crippen molar-refractivity contribution in [2.24, 2.45) is 0 Å². The van der Waals surface area contributed by atoms with E-state index >= 15 is 0 Å². The third-order valence-corrected chi connectivity index (χ3v) is 6.55. The Kier molecular flexibility index (Phi) is 9.74. The summed E-state index contributed by atoms with van der Waals surface area (Å²) in [5.74, 6) is -1.44. The molecule has 1 amide bonds. The first kappa shape index (κ1) is 27.6. The second-order valence-electron chi connectivity index (χ2n) is 9.44.